The van der Waals surface area contributed by atoms with E-state index < -0.39 is 23.8 Å². The molecular formula is C32H32ClFN6O5S. The maximum Gasteiger partial charge on any atom is 0.338 e. The van der Waals surface area contributed by atoms with Crippen molar-refractivity contribution in [1.82, 2.24) is 20.1 Å². The number of hydrogen-bond donors (Lipinski definition) is 2. The Morgan fingerprint density at radius 2 is 1.98 bits per heavy atom. The first kappa shape index (κ1) is 31.6. The minimum Gasteiger partial charge on any atom is -0.481 e. The number of amidine groups is 1. The number of carboxylic acid groups (broad SMARTS) is 1. The SMILES string of the molecule is COC(=O)C1=C(CN2CCN3C(=O)N(c4ccc(C(C)CC(=O)O)cc4)C[C@@H]3C2)NC(c2nccs2)=N[C@H]1c1ccc(F)cc1Cl. The molecule has 2 amide bonds. The number of rotatable bonds is 9. The molecule has 2 saturated heterocycles. The molecule has 4 heterocycles. The van der Waals surface area contributed by atoms with Crippen LogP contribution in [0.3, 0.4) is 0 Å². The zero-order chi connectivity index (χ0) is 32.5. The lowest BCUT2D eigenvalue weighted by atomic mass is 9.95. The zero-order valence-corrected chi connectivity index (χ0v) is 26.7. The minimum atomic E-state index is -0.860. The first-order chi connectivity index (χ1) is 22.1. The van der Waals surface area contributed by atoms with Gasteiger partial charge in [-0.3, -0.25) is 19.6 Å². The van der Waals surface area contributed by atoms with Gasteiger partial charge < -0.3 is 20.1 Å². The largest absolute Gasteiger partial charge is 0.481 e. The number of urea groups is 1. The molecule has 240 valence electrons. The Labute approximate surface area is 273 Å². The van der Waals surface area contributed by atoms with Crippen molar-refractivity contribution in [3.8, 4) is 0 Å². The number of benzene rings is 2. The number of anilines is 1. The number of ether oxygens (including phenoxy) is 1. The van der Waals surface area contributed by atoms with Gasteiger partial charge in [-0.1, -0.05) is 36.7 Å². The van der Waals surface area contributed by atoms with Gasteiger partial charge in [0, 0.05) is 66.3 Å². The van der Waals surface area contributed by atoms with Gasteiger partial charge in [0.05, 0.1) is 25.1 Å². The highest BCUT2D eigenvalue weighted by Crippen LogP contribution is 2.37. The van der Waals surface area contributed by atoms with E-state index in [0.29, 0.717) is 54.8 Å². The standard InChI is InChI=1S/C32H32ClFN6O5S/c1-18(13-26(41)42)19-3-6-21(7-4-19)40-16-22-15-38(10-11-39(22)32(40)44)17-25-27(31(43)45-2)28(23-8-5-20(34)14-24(23)33)37-29(36-25)30-35-9-12-46-30/h3-9,12,14,18,22,28H,10-11,13,15-17H2,1-2H3,(H,36,37)(H,41,42)/t18?,22-,28-/m0/s1. The van der Waals surface area contributed by atoms with Gasteiger partial charge in [-0.2, -0.15) is 0 Å². The molecule has 0 radical (unpaired) electrons. The molecule has 0 aliphatic carbocycles. The second-order valence-electron chi connectivity index (χ2n) is 11.5. The van der Waals surface area contributed by atoms with Crippen LogP contribution in [0.4, 0.5) is 14.9 Å². The Kier molecular flexibility index (Phi) is 9.07. The van der Waals surface area contributed by atoms with E-state index in [9.17, 15) is 18.8 Å². The van der Waals surface area contributed by atoms with Gasteiger partial charge in [0.2, 0.25) is 0 Å². The van der Waals surface area contributed by atoms with E-state index in [-0.39, 0.29) is 35.0 Å². The first-order valence-electron chi connectivity index (χ1n) is 14.8. The number of esters is 1. The second-order valence-corrected chi connectivity index (χ2v) is 12.8. The first-order valence-corrected chi connectivity index (χ1v) is 16.0. The Hall–Kier alpha value is -4.33. The number of aromatic nitrogens is 1. The maximum absolute atomic E-state index is 14.0. The van der Waals surface area contributed by atoms with Gasteiger partial charge in [-0.15, -0.1) is 11.3 Å². The van der Waals surface area contributed by atoms with Gasteiger partial charge in [0.25, 0.3) is 0 Å². The number of aliphatic carboxylic acids is 1. The van der Waals surface area contributed by atoms with Crippen molar-refractivity contribution < 1.29 is 28.6 Å². The summed E-state index contributed by atoms with van der Waals surface area (Å²) in [6.07, 6.45) is 1.70. The van der Waals surface area contributed by atoms with E-state index in [1.807, 2.05) is 41.5 Å². The number of hydrogen-bond acceptors (Lipinski definition) is 9. The summed E-state index contributed by atoms with van der Waals surface area (Å²) >= 11 is 7.86. The lowest BCUT2D eigenvalue weighted by Gasteiger charge is -2.38. The topological polar surface area (TPSA) is 128 Å². The zero-order valence-electron chi connectivity index (χ0n) is 25.2. The second kappa shape index (κ2) is 13.2. The van der Waals surface area contributed by atoms with Crippen molar-refractivity contribution in [2.45, 2.75) is 31.3 Å². The number of amides is 2. The summed E-state index contributed by atoms with van der Waals surface area (Å²) < 4.78 is 19.2. The fraction of sp³-hybridized carbons (Fsp3) is 0.344. The van der Waals surface area contributed by atoms with Crippen molar-refractivity contribution in [1.29, 1.82) is 0 Å². The van der Waals surface area contributed by atoms with Crippen LogP contribution in [-0.4, -0.2) is 89.6 Å². The number of fused-ring (bicyclic) bond motifs is 1. The number of thiazole rings is 1. The van der Waals surface area contributed by atoms with E-state index in [1.54, 1.807) is 11.1 Å². The fourth-order valence-electron chi connectivity index (χ4n) is 6.19. The third kappa shape index (κ3) is 6.35. The molecule has 0 saturated carbocycles. The molecule has 1 unspecified atom stereocenters. The Bertz CT molecular complexity index is 1720. The van der Waals surface area contributed by atoms with Gasteiger partial charge in [0.15, 0.2) is 10.8 Å². The normalized spacial score (nSPS) is 20.7. The summed E-state index contributed by atoms with van der Waals surface area (Å²) in [5, 5.41) is 15.0. The Balaban J connectivity index is 1.24. The average Bonchev–Trinajstić information content (AvgIpc) is 3.69. The van der Waals surface area contributed by atoms with Crippen molar-refractivity contribution in [2.24, 2.45) is 4.99 Å². The monoisotopic (exact) mass is 666 g/mol. The van der Waals surface area contributed by atoms with Crippen molar-refractivity contribution in [2.75, 3.05) is 44.7 Å². The number of nitrogens with zero attached hydrogens (tertiary/aromatic N) is 5. The van der Waals surface area contributed by atoms with Crippen LogP contribution in [0.25, 0.3) is 0 Å². The average molecular weight is 667 g/mol. The van der Waals surface area contributed by atoms with E-state index >= 15 is 0 Å². The molecule has 11 nitrogen and oxygen atoms in total. The van der Waals surface area contributed by atoms with Crippen LogP contribution in [0.5, 0.6) is 0 Å². The molecule has 2 N–H and O–H groups in total. The molecule has 14 heteroatoms. The molecule has 3 aliphatic heterocycles. The number of carbonyl (C=O) groups excluding carboxylic acids is 2. The minimum absolute atomic E-state index is 0.0333. The van der Waals surface area contributed by atoms with E-state index in [1.165, 1.54) is 36.6 Å². The van der Waals surface area contributed by atoms with Crippen LogP contribution in [0, 0.1) is 5.82 Å². The van der Waals surface area contributed by atoms with Crippen LogP contribution >= 0.6 is 22.9 Å². The smallest absolute Gasteiger partial charge is 0.338 e. The lowest BCUT2D eigenvalue weighted by molar-refractivity contribution is -0.138. The maximum atomic E-state index is 14.0. The number of piperazine rings is 1. The number of carbonyl (C=O) groups is 3. The van der Waals surface area contributed by atoms with Crippen molar-refractivity contribution in [3.63, 3.8) is 0 Å². The molecule has 3 atom stereocenters. The number of nitrogens with one attached hydrogen (secondary N) is 1. The van der Waals surface area contributed by atoms with Gasteiger partial charge >= 0.3 is 18.0 Å². The summed E-state index contributed by atoms with van der Waals surface area (Å²) in [5.41, 5.74) is 2.95. The van der Waals surface area contributed by atoms with Crippen molar-refractivity contribution >= 4 is 52.4 Å². The fourth-order valence-corrected chi connectivity index (χ4v) is 7.04. The number of halogens is 2. The highest BCUT2D eigenvalue weighted by atomic mass is 35.5. The predicted octanol–water partition coefficient (Wildman–Crippen LogP) is 4.66. The Morgan fingerprint density at radius 3 is 2.65 bits per heavy atom. The summed E-state index contributed by atoms with van der Waals surface area (Å²) in [5.74, 6) is -1.62. The number of aliphatic imine (C=N–C) groups is 1. The van der Waals surface area contributed by atoms with E-state index in [4.69, 9.17) is 26.4 Å². The highest BCUT2D eigenvalue weighted by Gasteiger charge is 2.42. The predicted molar refractivity (Wildman–Crippen MR) is 172 cm³/mol. The Morgan fingerprint density at radius 1 is 1.20 bits per heavy atom. The van der Waals surface area contributed by atoms with Crippen molar-refractivity contribution in [3.05, 3.63) is 92.3 Å². The van der Waals surface area contributed by atoms with Crippen LogP contribution in [0.15, 0.2) is 70.3 Å². The molecule has 3 aromatic rings. The van der Waals surface area contributed by atoms with Crippen LogP contribution < -0.4 is 10.2 Å². The molecule has 46 heavy (non-hydrogen) atoms. The van der Waals surface area contributed by atoms with E-state index in [2.05, 4.69) is 15.2 Å². The summed E-state index contributed by atoms with van der Waals surface area (Å²) in [4.78, 5) is 52.8. The summed E-state index contributed by atoms with van der Waals surface area (Å²) in [6, 6.07) is 10.4. The molecule has 1 aromatic heterocycles. The highest BCUT2D eigenvalue weighted by molar-refractivity contribution is 7.11. The molecule has 2 fully saturated rings. The third-order valence-corrected chi connectivity index (χ3v) is 9.60. The van der Waals surface area contributed by atoms with Crippen LogP contribution in [0.1, 0.15) is 41.4 Å². The van der Waals surface area contributed by atoms with Gasteiger partial charge in [0.1, 0.15) is 11.9 Å². The molecule has 3 aliphatic rings. The molecule has 6 rings (SSSR count). The summed E-state index contributed by atoms with van der Waals surface area (Å²) in [6.45, 7) is 4.29. The number of methoxy groups -OCH3 is 1. The third-order valence-electron chi connectivity index (χ3n) is 8.50. The molecule has 0 bridgehead atoms. The van der Waals surface area contributed by atoms with Gasteiger partial charge in [-0.05, 0) is 35.7 Å². The van der Waals surface area contributed by atoms with Gasteiger partial charge in [-0.25, -0.2) is 19.0 Å². The van der Waals surface area contributed by atoms with Crippen LogP contribution in [-0.2, 0) is 14.3 Å². The molecular weight excluding hydrogens is 635 g/mol. The quantitative estimate of drug-likeness (QED) is 0.316. The van der Waals surface area contributed by atoms with Crippen LogP contribution in [0.2, 0.25) is 5.02 Å². The lowest BCUT2D eigenvalue weighted by Crippen LogP contribution is -2.53. The molecule has 0 spiro atoms. The van der Waals surface area contributed by atoms with E-state index in [0.717, 1.165) is 11.3 Å². The summed E-state index contributed by atoms with van der Waals surface area (Å²) in [7, 11) is 1.30. The molecule has 2 aromatic carbocycles. The number of carboxylic acids is 1.